The minimum absolute atomic E-state index is 0.199. The average Bonchev–Trinajstić information content (AvgIpc) is 2.86. The summed E-state index contributed by atoms with van der Waals surface area (Å²) in [5.74, 6) is -0.199. The fourth-order valence-electron chi connectivity index (χ4n) is 1.96. The lowest BCUT2D eigenvalue weighted by Crippen LogP contribution is -2.18. The molecule has 112 valence electrons. The molecule has 3 N–H and O–H groups in total. The number of aryl methyl sites for hydroxylation is 2. The molecule has 0 aliphatic rings. The normalized spacial score (nSPS) is 10.7. The maximum absolute atomic E-state index is 12.5. The molecule has 0 saturated carbocycles. The van der Waals surface area contributed by atoms with Crippen LogP contribution < -0.4 is 11.1 Å². The van der Waals surface area contributed by atoms with Crippen LogP contribution in [-0.2, 0) is 13.0 Å². The minimum Gasteiger partial charge on any atom is -0.399 e. The number of carbonyl (C=O) groups excluding carboxylic acids is 1. The van der Waals surface area contributed by atoms with E-state index in [9.17, 15) is 4.79 Å². The van der Waals surface area contributed by atoms with Crippen molar-refractivity contribution in [3.8, 4) is 0 Å². The van der Waals surface area contributed by atoms with Gasteiger partial charge in [-0.2, -0.15) is 5.10 Å². The molecule has 0 radical (unpaired) electrons. The van der Waals surface area contributed by atoms with E-state index in [0.717, 1.165) is 21.1 Å². The van der Waals surface area contributed by atoms with Gasteiger partial charge in [0.2, 0.25) is 0 Å². The van der Waals surface area contributed by atoms with Crippen LogP contribution in [0, 0.1) is 0 Å². The molecule has 0 unspecified atom stereocenters. The van der Waals surface area contributed by atoms with E-state index in [-0.39, 0.29) is 5.91 Å². The second-order valence-corrected chi connectivity index (χ2v) is 6.21. The summed E-state index contributed by atoms with van der Waals surface area (Å²) in [6.45, 7) is 4.61. The third-order valence-electron chi connectivity index (χ3n) is 3.03. The number of carbonyl (C=O) groups is 1. The number of rotatable bonds is 4. The van der Waals surface area contributed by atoms with Gasteiger partial charge in [0, 0.05) is 21.2 Å². The third-order valence-corrected chi connectivity index (χ3v) is 4.28. The molecule has 1 aromatic heterocycles. The standard InChI is InChI=1S/C14H16Br2N4O/c1-3-9-7-12(20(4-2)19-9)14(21)18-13-10(15)5-8(17)6-11(13)16/h5-7H,3-4,17H2,1-2H3,(H,18,21). The SMILES string of the molecule is CCc1cc(C(=O)Nc2c(Br)cc(N)cc2Br)n(CC)n1. The number of nitrogens with two attached hydrogens (primary N) is 1. The van der Waals surface area contributed by atoms with E-state index in [2.05, 4.69) is 42.3 Å². The van der Waals surface area contributed by atoms with Crippen molar-refractivity contribution in [2.24, 2.45) is 0 Å². The summed E-state index contributed by atoms with van der Waals surface area (Å²) in [5.41, 5.74) is 8.46. The predicted octanol–water partition coefficient (Wildman–Crippen LogP) is 3.82. The van der Waals surface area contributed by atoms with Crippen LogP contribution in [0.3, 0.4) is 0 Å². The van der Waals surface area contributed by atoms with Gasteiger partial charge in [0.05, 0.1) is 11.4 Å². The first kappa shape index (κ1) is 16.0. The molecule has 21 heavy (non-hydrogen) atoms. The smallest absolute Gasteiger partial charge is 0.274 e. The van der Waals surface area contributed by atoms with E-state index < -0.39 is 0 Å². The second-order valence-electron chi connectivity index (χ2n) is 4.50. The number of hydrogen-bond donors (Lipinski definition) is 2. The van der Waals surface area contributed by atoms with Crippen LogP contribution in [0.5, 0.6) is 0 Å². The average molecular weight is 416 g/mol. The summed E-state index contributed by atoms with van der Waals surface area (Å²) < 4.78 is 3.15. The highest BCUT2D eigenvalue weighted by atomic mass is 79.9. The van der Waals surface area contributed by atoms with Crippen molar-refractivity contribution < 1.29 is 4.79 Å². The molecule has 2 aromatic rings. The van der Waals surface area contributed by atoms with Crippen LogP contribution in [0.25, 0.3) is 0 Å². The van der Waals surface area contributed by atoms with Gasteiger partial charge in [0.25, 0.3) is 5.91 Å². The van der Waals surface area contributed by atoms with Gasteiger partial charge in [-0.15, -0.1) is 0 Å². The summed E-state index contributed by atoms with van der Waals surface area (Å²) in [5, 5.41) is 7.27. The summed E-state index contributed by atoms with van der Waals surface area (Å²) in [6.07, 6.45) is 0.794. The van der Waals surface area contributed by atoms with Crippen LogP contribution in [0.15, 0.2) is 27.1 Å². The highest BCUT2D eigenvalue weighted by Gasteiger charge is 2.17. The van der Waals surface area contributed by atoms with Crippen molar-refractivity contribution in [3.05, 3.63) is 38.5 Å². The van der Waals surface area contributed by atoms with Gasteiger partial charge in [0.1, 0.15) is 5.69 Å². The fraction of sp³-hybridized carbons (Fsp3) is 0.286. The van der Waals surface area contributed by atoms with E-state index in [1.54, 1.807) is 16.8 Å². The zero-order valence-corrected chi connectivity index (χ0v) is 15.0. The van der Waals surface area contributed by atoms with Crippen LogP contribution in [-0.4, -0.2) is 15.7 Å². The summed E-state index contributed by atoms with van der Waals surface area (Å²) in [4.78, 5) is 12.5. The highest BCUT2D eigenvalue weighted by molar-refractivity contribution is 9.11. The van der Waals surface area contributed by atoms with Crippen molar-refractivity contribution in [1.82, 2.24) is 9.78 Å². The number of aromatic nitrogens is 2. The molecule has 0 aliphatic heterocycles. The molecule has 7 heteroatoms. The molecular formula is C14H16Br2N4O. The van der Waals surface area contributed by atoms with E-state index in [0.29, 0.717) is 23.6 Å². The Morgan fingerprint density at radius 3 is 2.43 bits per heavy atom. The molecule has 0 saturated heterocycles. The second kappa shape index (κ2) is 6.62. The molecule has 2 rings (SSSR count). The summed E-state index contributed by atoms with van der Waals surface area (Å²) in [7, 11) is 0. The summed E-state index contributed by atoms with van der Waals surface area (Å²) >= 11 is 6.81. The maximum Gasteiger partial charge on any atom is 0.274 e. The number of nitrogens with one attached hydrogen (secondary N) is 1. The Morgan fingerprint density at radius 2 is 1.90 bits per heavy atom. The Balaban J connectivity index is 2.32. The molecule has 0 spiro atoms. The van der Waals surface area contributed by atoms with Gasteiger partial charge in [-0.05, 0) is 63.4 Å². The molecule has 0 bridgehead atoms. The van der Waals surface area contributed by atoms with Gasteiger partial charge < -0.3 is 11.1 Å². The Kier molecular flexibility index (Phi) is 5.05. The lowest BCUT2D eigenvalue weighted by Gasteiger charge is -2.11. The van der Waals surface area contributed by atoms with Crippen LogP contribution >= 0.6 is 31.9 Å². The highest BCUT2D eigenvalue weighted by Crippen LogP contribution is 2.33. The lowest BCUT2D eigenvalue weighted by molar-refractivity contribution is 0.101. The quantitative estimate of drug-likeness (QED) is 0.745. The third kappa shape index (κ3) is 3.47. The van der Waals surface area contributed by atoms with Gasteiger partial charge in [0.15, 0.2) is 0 Å². The minimum atomic E-state index is -0.199. The number of halogens is 2. The molecule has 1 amide bonds. The van der Waals surface area contributed by atoms with Crippen LogP contribution in [0.1, 0.15) is 30.0 Å². The van der Waals surface area contributed by atoms with Gasteiger partial charge in [-0.3, -0.25) is 9.48 Å². The van der Waals surface area contributed by atoms with Crippen LogP contribution in [0.2, 0.25) is 0 Å². The summed E-state index contributed by atoms with van der Waals surface area (Å²) in [6, 6.07) is 5.31. The van der Waals surface area contributed by atoms with E-state index >= 15 is 0 Å². The van der Waals surface area contributed by atoms with Crippen molar-refractivity contribution in [1.29, 1.82) is 0 Å². The Bertz CT molecular complexity index is 659. The number of anilines is 2. The molecule has 5 nitrogen and oxygen atoms in total. The maximum atomic E-state index is 12.5. The molecule has 0 fully saturated rings. The zero-order chi connectivity index (χ0) is 15.6. The number of nitrogens with zero attached hydrogens (tertiary/aromatic N) is 2. The monoisotopic (exact) mass is 414 g/mol. The molecular weight excluding hydrogens is 400 g/mol. The topological polar surface area (TPSA) is 72.9 Å². The predicted molar refractivity (Wildman–Crippen MR) is 91.5 cm³/mol. The van der Waals surface area contributed by atoms with Crippen molar-refractivity contribution in [2.75, 3.05) is 11.1 Å². The van der Waals surface area contributed by atoms with E-state index in [4.69, 9.17) is 5.73 Å². The molecule has 1 heterocycles. The Morgan fingerprint density at radius 1 is 1.29 bits per heavy atom. The van der Waals surface area contributed by atoms with E-state index in [1.807, 2.05) is 19.9 Å². The zero-order valence-electron chi connectivity index (χ0n) is 11.8. The lowest BCUT2D eigenvalue weighted by atomic mass is 10.2. The first-order valence-corrected chi connectivity index (χ1v) is 8.17. The molecule has 1 aromatic carbocycles. The Labute approximate surface area is 140 Å². The fourth-order valence-corrected chi connectivity index (χ4v) is 3.38. The van der Waals surface area contributed by atoms with E-state index in [1.165, 1.54) is 0 Å². The van der Waals surface area contributed by atoms with Crippen molar-refractivity contribution >= 4 is 49.1 Å². The molecule has 0 atom stereocenters. The van der Waals surface area contributed by atoms with Crippen molar-refractivity contribution in [2.45, 2.75) is 26.8 Å². The Hall–Kier alpha value is -1.34. The first-order chi connectivity index (χ1) is 9.96. The van der Waals surface area contributed by atoms with Gasteiger partial charge in [-0.1, -0.05) is 6.92 Å². The van der Waals surface area contributed by atoms with Gasteiger partial charge in [-0.25, -0.2) is 0 Å². The largest absolute Gasteiger partial charge is 0.399 e. The number of amides is 1. The number of hydrogen-bond acceptors (Lipinski definition) is 3. The number of benzene rings is 1. The van der Waals surface area contributed by atoms with Gasteiger partial charge >= 0.3 is 0 Å². The first-order valence-electron chi connectivity index (χ1n) is 6.58. The molecule has 0 aliphatic carbocycles. The number of nitrogen functional groups attached to an aromatic ring is 1. The van der Waals surface area contributed by atoms with Crippen molar-refractivity contribution in [3.63, 3.8) is 0 Å². The van der Waals surface area contributed by atoms with Crippen LogP contribution in [0.4, 0.5) is 11.4 Å².